The second-order valence-electron chi connectivity index (χ2n) is 3.91. The predicted molar refractivity (Wildman–Crippen MR) is 59.5 cm³/mol. The monoisotopic (exact) mass is 224 g/mol. The van der Waals surface area contributed by atoms with Crippen molar-refractivity contribution in [3.05, 3.63) is 20.9 Å². The van der Waals surface area contributed by atoms with E-state index >= 15 is 0 Å². The third-order valence-electron chi connectivity index (χ3n) is 3.10. The summed E-state index contributed by atoms with van der Waals surface area (Å²) >= 11 is 1.84. The molecule has 0 aliphatic carbocycles. The second-order valence-corrected chi connectivity index (χ2v) is 5.40. The predicted octanol–water partition coefficient (Wildman–Crippen LogP) is 3.40. The molecule has 0 aromatic rings. The van der Waals surface area contributed by atoms with Gasteiger partial charge in [-0.2, -0.15) is 11.8 Å². The van der Waals surface area contributed by atoms with E-state index in [9.17, 15) is 0 Å². The Morgan fingerprint density at radius 1 is 0.867 bits per heavy atom. The van der Waals surface area contributed by atoms with Crippen molar-refractivity contribution in [2.24, 2.45) is 10.2 Å². The maximum atomic E-state index is 8.43. The van der Waals surface area contributed by atoms with Crippen LogP contribution in [0.3, 0.4) is 0 Å². The van der Waals surface area contributed by atoms with Crippen molar-refractivity contribution in [2.75, 3.05) is 0 Å². The molecule has 0 amide bonds. The van der Waals surface area contributed by atoms with E-state index in [4.69, 9.17) is 11.1 Å². The van der Waals surface area contributed by atoms with Crippen molar-refractivity contribution in [3.63, 3.8) is 0 Å². The van der Waals surface area contributed by atoms with Gasteiger partial charge < -0.3 is 0 Å². The highest BCUT2D eigenvalue weighted by Crippen LogP contribution is 2.43. The van der Waals surface area contributed by atoms with Crippen LogP contribution in [0.1, 0.15) is 25.7 Å². The van der Waals surface area contributed by atoms with Gasteiger partial charge in [0.2, 0.25) is 0 Å². The van der Waals surface area contributed by atoms with E-state index in [1.54, 1.807) is 0 Å². The fourth-order valence-corrected chi connectivity index (χ4v) is 4.10. The van der Waals surface area contributed by atoms with Gasteiger partial charge in [0.25, 0.3) is 0 Å². The van der Waals surface area contributed by atoms with Gasteiger partial charge in [0.15, 0.2) is 0 Å². The van der Waals surface area contributed by atoms with Gasteiger partial charge in [-0.3, -0.25) is 0 Å². The molecular weight excluding hydrogens is 212 g/mol. The lowest BCUT2D eigenvalue weighted by atomic mass is 9.92. The number of azide groups is 2. The first-order valence-corrected chi connectivity index (χ1v) is 6.03. The fourth-order valence-electron chi connectivity index (χ4n) is 2.37. The Balaban J connectivity index is 2.05. The van der Waals surface area contributed by atoms with Gasteiger partial charge in [-0.1, -0.05) is 10.2 Å². The molecule has 6 nitrogen and oxygen atoms in total. The standard InChI is InChI=1S/C8H12N6S/c9-13-11-5-1-3-7-6(12-14-10)2-4-8(5)15-7/h5-8H,1-4H2/t5-,6-,7-,8-/m1/s1. The first-order valence-electron chi connectivity index (χ1n) is 5.09. The van der Waals surface area contributed by atoms with Crippen molar-refractivity contribution in [2.45, 2.75) is 48.3 Å². The number of thioether (sulfide) groups is 1. The van der Waals surface area contributed by atoms with Crippen molar-refractivity contribution < 1.29 is 0 Å². The minimum Gasteiger partial charge on any atom is -0.154 e. The van der Waals surface area contributed by atoms with Crippen molar-refractivity contribution >= 4 is 11.8 Å². The number of rotatable bonds is 2. The molecular formula is C8H12N6S. The molecule has 2 aliphatic heterocycles. The molecule has 0 unspecified atom stereocenters. The van der Waals surface area contributed by atoms with Gasteiger partial charge in [0.05, 0.1) is 0 Å². The summed E-state index contributed by atoms with van der Waals surface area (Å²) in [5.74, 6) is 0. The van der Waals surface area contributed by atoms with E-state index in [1.807, 2.05) is 11.8 Å². The second kappa shape index (κ2) is 4.66. The Labute approximate surface area is 91.7 Å². The summed E-state index contributed by atoms with van der Waals surface area (Å²) in [7, 11) is 0. The van der Waals surface area contributed by atoms with Crippen LogP contribution in [0, 0.1) is 0 Å². The van der Waals surface area contributed by atoms with Gasteiger partial charge >= 0.3 is 0 Å². The van der Waals surface area contributed by atoms with E-state index in [1.165, 1.54) is 0 Å². The van der Waals surface area contributed by atoms with Gasteiger partial charge in [-0.15, -0.1) is 0 Å². The molecule has 2 saturated heterocycles. The summed E-state index contributed by atoms with van der Waals surface area (Å²) in [5, 5.41) is 8.53. The molecule has 2 rings (SSSR count). The zero-order chi connectivity index (χ0) is 10.7. The molecule has 0 spiro atoms. The smallest absolute Gasteiger partial charge is 0.0493 e. The zero-order valence-electron chi connectivity index (χ0n) is 8.23. The summed E-state index contributed by atoms with van der Waals surface area (Å²) < 4.78 is 0. The Kier molecular flexibility index (Phi) is 3.26. The summed E-state index contributed by atoms with van der Waals surface area (Å²) in [6, 6.07) is 0.284. The van der Waals surface area contributed by atoms with Crippen LogP contribution in [-0.4, -0.2) is 22.6 Å². The van der Waals surface area contributed by atoms with Crippen LogP contribution in [0.15, 0.2) is 10.2 Å². The van der Waals surface area contributed by atoms with Crippen LogP contribution in [0.4, 0.5) is 0 Å². The molecule has 7 heteroatoms. The highest BCUT2D eigenvalue weighted by molar-refractivity contribution is 8.00. The van der Waals surface area contributed by atoms with Gasteiger partial charge in [0.1, 0.15) is 0 Å². The van der Waals surface area contributed by atoms with Crippen LogP contribution in [0.5, 0.6) is 0 Å². The lowest BCUT2D eigenvalue weighted by Crippen LogP contribution is -2.40. The summed E-state index contributed by atoms with van der Waals surface area (Å²) in [5.41, 5.74) is 16.9. The number of hydrogen-bond acceptors (Lipinski definition) is 3. The molecule has 2 aliphatic rings. The van der Waals surface area contributed by atoms with Gasteiger partial charge in [-0.25, -0.2) is 0 Å². The van der Waals surface area contributed by atoms with Crippen LogP contribution < -0.4 is 0 Å². The molecule has 4 atom stereocenters. The molecule has 15 heavy (non-hydrogen) atoms. The minimum atomic E-state index is 0.142. The quantitative estimate of drug-likeness (QED) is 0.401. The third-order valence-corrected chi connectivity index (χ3v) is 4.90. The number of nitrogens with zero attached hydrogens (tertiary/aromatic N) is 6. The molecule has 2 fully saturated rings. The largest absolute Gasteiger partial charge is 0.154 e. The Morgan fingerprint density at radius 2 is 1.33 bits per heavy atom. The maximum Gasteiger partial charge on any atom is 0.0493 e. The number of hydrogen-bond donors (Lipinski definition) is 0. The Morgan fingerprint density at radius 3 is 1.73 bits per heavy atom. The fraction of sp³-hybridized carbons (Fsp3) is 1.00. The number of fused-ring (bicyclic) bond motifs is 2. The average Bonchev–Trinajstić information content (AvgIpc) is 2.26. The molecule has 0 aromatic heterocycles. The maximum absolute atomic E-state index is 8.43. The molecule has 0 saturated carbocycles. The van der Waals surface area contributed by atoms with Crippen molar-refractivity contribution in [1.29, 1.82) is 0 Å². The van der Waals surface area contributed by atoms with Crippen LogP contribution >= 0.6 is 11.8 Å². The molecule has 0 aromatic carbocycles. The molecule has 0 N–H and O–H groups in total. The third kappa shape index (κ3) is 2.15. The van der Waals surface area contributed by atoms with E-state index in [2.05, 4.69) is 20.1 Å². The van der Waals surface area contributed by atoms with Crippen molar-refractivity contribution in [3.8, 4) is 0 Å². The highest BCUT2D eigenvalue weighted by Gasteiger charge is 2.38. The lowest BCUT2D eigenvalue weighted by molar-refractivity contribution is 0.405. The van der Waals surface area contributed by atoms with Crippen molar-refractivity contribution in [1.82, 2.24) is 0 Å². The molecule has 0 radical (unpaired) electrons. The summed E-state index contributed by atoms with van der Waals surface area (Å²) in [6.07, 6.45) is 3.86. The highest BCUT2D eigenvalue weighted by atomic mass is 32.2. The molecule has 2 bridgehead atoms. The van der Waals surface area contributed by atoms with Crippen LogP contribution in [0.25, 0.3) is 20.9 Å². The van der Waals surface area contributed by atoms with E-state index in [-0.39, 0.29) is 12.1 Å². The zero-order valence-corrected chi connectivity index (χ0v) is 9.05. The van der Waals surface area contributed by atoms with Crippen LogP contribution in [-0.2, 0) is 0 Å². The minimum absolute atomic E-state index is 0.142. The molecule has 80 valence electrons. The van der Waals surface area contributed by atoms with E-state index in [0.29, 0.717) is 10.5 Å². The normalized spacial score (nSPS) is 38.7. The first kappa shape index (κ1) is 10.5. The summed E-state index contributed by atoms with van der Waals surface area (Å²) in [4.78, 5) is 5.78. The van der Waals surface area contributed by atoms with E-state index < -0.39 is 0 Å². The van der Waals surface area contributed by atoms with Gasteiger partial charge in [-0.05, 0) is 36.7 Å². The Hall–Kier alpha value is -1.03. The van der Waals surface area contributed by atoms with E-state index in [0.717, 1.165) is 25.7 Å². The van der Waals surface area contributed by atoms with Crippen LogP contribution in [0.2, 0.25) is 0 Å². The van der Waals surface area contributed by atoms with Gasteiger partial charge in [0, 0.05) is 32.4 Å². The molecule has 2 heterocycles. The summed E-state index contributed by atoms with van der Waals surface area (Å²) in [6.45, 7) is 0. The SMILES string of the molecule is [N-]=[N+]=N[C@@H]1CC[C@H]2S[C@@H]1CC[C@H]2N=[N+]=[N-]. The Bertz CT molecular complexity index is 300. The lowest BCUT2D eigenvalue weighted by Gasteiger charge is -2.40. The first-order chi connectivity index (χ1) is 7.35. The average molecular weight is 224 g/mol. The topological polar surface area (TPSA) is 97.5 Å².